The quantitative estimate of drug-likeness (QED) is 0.0932. The van der Waals surface area contributed by atoms with Crippen LogP contribution in [-0.4, -0.2) is 79.1 Å². The van der Waals surface area contributed by atoms with Crippen LogP contribution in [0.4, 0.5) is 0 Å². The maximum atomic E-state index is 14.3. The fourth-order valence-corrected chi connectivity index (χ4v) is 6.57. The van der Waals surface area contributed by atoms with Gasteiger partial charge in [-0.1, -0.05) is 62.4 Å². The highest BCUT2D eigenvalue weighted by Gasteiger charge is 2.34. The summed E-state index contributed by atoms with van der Waals surface area (Å²) in [5.74, 6) is -5.63. The van der Waals surface area contributed by atoms with E-state index in [9.17, 15) is 37.2 Å². The number of benzene rings is 2. The fraction of sp³-hybridized carbons (Fsp3) is 0.574. The summed E-state index contributed by atoms with van der Waals surface area (Å²) in [6, 6.07) is 13.8. The Hall–Kier alpha value is -5.05. The maximum Gasteiger partial charge on any atom is 0.308 e. The number of hydrogen-bond donors (Lipinski definition) is 2. The van der Waals surface area contributed by atoms with Gasteiger partial charge in [0.1, 0.15) is 29.2 Å². The number of Topliss-reactive ketones (excluding diaryl/α,β-unsaturated/α-hetero) is 1. The van der Waals surface area contributed by atoms with E-state index in [1.165, 1.54) is 6.08 Å². The minimum Gasteiger partial charge on any atom is -0.488 e. The summed E-state index contributed by atoms with van der Waals surface area (Å²) in [4.78, 5) is 81.3. The first-order valence-corrected chi connectivity index (χ1v) is 22.9. The smallest absolute Gasteiger partial charge is 0.308 e. The van der Waals surface area contributed by atoms with E-state index in [2.05, 4.69) is 10.6 Å². The van der Waals surface area contributed by atoms with Crippen molar-refractivity contribution in [3.05, 3.63) is 77.2 Å². The SMILES string of the molecule is CC(C)[C@H](CC(=O)[C@H](CCC(=O)OC(C)(C)C)NC(=O)[C@@H](CC(=O)OCc1ccccc1)Cc1ccc(OC(C)(C)C)cc1)C(=O)N[C@H](/C=C/S(C)(=O)=O)CC(=O)OC(C)(C)C. The molecule has 0 saturated heterocycles. The van der Waals surface area contributed by atoms with Crippen LogP contribution in [0.25, 0.3) is 0 Å². The van der Waals surface area contributed by atoms with E-state index in [0.29, 0.717) is 11.3 Å². The number of nitrogens with one attached hydrogen (secondary N) is 2. The Morgan fingerprint density at radius 2 is 1.26 bits per heavy atom. The van der Waals surface area contributed by atoms with Crippen LogP contribution in [0, 0.1) is 17.8 Å². The molecule has 0 aromatic heterocycles. The van der Waals surface area contributed by atoms with Gasteiger partial charge in [-0.2, -0.15) is 0 Å². The minimum atomic E-state index is -3.64. The molecule has 0 unspecified atom stereocenters. The summed E-state index contributed by atoms with van der Waals surface area (Å²) < 4.78 is 46.3. The molecule has 2 rings (SSSR count). The molecule has 0 saturated carbocycles. The molecule has 62 heavy (non-hydrogen) atoms. The van der Waals surface area contributed by atoms with Gasteiger partial charge < -0.3 is 29.6 Å². The average molecular weight is 885 g/mol. The predicted molar refractivity (Wildman–Crippen MR) is 236 cm³/mol. The van der Waals surface area contributed by atoms with Gasteiger partial charge in [0.05, 0.1) is 30.8 Å². The normalized spacial score (nSPS) is 14.3. The lowest BCUT2D eigenvalue weighted by Crippen LogP contribution is -2.47. The summed E-state index contributed by atoms with van der Waals surface area (Å²) >= 11 is 0. The molecule has 15 heteroatoms. The van der Waals surface area contributed by atoms with Crippen molar-refractivity contribution >= 4 is 45.3 Å². The number of hydrogen-bond acceptors (Lipinski definition) is 12. The number of rotatable bonds is 22. The number of ketones is 1. The van der Waals surface area contributed by atoms with Crippen LogP contribution in [0.5, 0.6) is 5.75 Å². The van der Waals surface area contributed by atoms with Gasteiger partial charge in [-0.3, -0.25) is 28.8 Å². The monoisotopic (exact) mass is 884 g/mol. The van der Waals surface area contributed by atoms with Crippen molar-refractivity contribution in [1.82, 2.24) is 10.6 Å². The third-order valence-corrected chi connectivity index (χ3v) is 9.52. The standard InChI is InChI=1S/C47H68N2O12S/c1-31(2)37(44(55)48-35(24-25-62(12,56)57)28-42(53)61-47(9,10)11)29-39(50)38(22-23-40(51)60-46(6,7)8)49-43(54)34(27-41(52)58-30-33-16-14-13-15-17-33)26-32-18-20-36(21-19-32)59-45(3,4)5/h13-21,24-25,31,34-35,37-38H,22-23,26-30H2,1-12H3,(H,48,55)(H,49,54)/b25-24+/t34-,35-,37+,38+/m1/s1. The van der Waals surface area contributed by atoms with E-state index in [4.69, 9.17) is 18.9 Å². The number of carbonyl (C=O) groups excluding carboxylic acids is 6. The highest BCUT2D eigenvalue weighted by atomic mass is 32.2. The van der Waals surface area contributed by atoms with E-state index < -0.39 is 98.4 Å². The second-order valence-corrected chi connectivity index (χ2v) is 20.8. The highest BCUT2D eigenvalue weighted by Crippen LogP contribution is 2.24. The van der Waals surface area contributed by atoms with Gasteiger partial charge in [-0.05, 0) is 104 Å². The lowest BCUT2D eigenvalue weighted by molar-refractivity contribution is -0.156. The predicted octanol–water partition coefficient (Wildman–Crippen LogP) is 6.77. The number of amides is 2. The van der Waals surface area contributed by atoms with Crippen molar-refractivity contribution in [2.75, 3.05) is 6.26 Å². The van der Waals surface area contributed by atoms with E-state index in [1.54, 1.807) is 91.8 Å². The summed E-state index contributed by atoms with van der Waals surface area (Å²) in [7, 11) is -3.64. The maximum absolute atomic E-state index is 14.3. The van der Waals surface area contributed by atoms with Crippen LogP contribution in [0.2, 0.25) is 0 Å². The first-order chi connectivity index (χ1) is 28.5. The molecule has 0 heterocycles. The van der Waals surface area contributed by atoms with Gasteiger partial charge in [0, 0.05) is 30.4 Å². The second kappa shape index (κ2) is 23.4. The van der Waals surface area contributed by atoms with Crippen molar-refractivity contribution < 1.29 is 56.1 Å². The van der Waals surface area contributed by atoms with E-state index in [1.807, 2.05) is 39.0 Å². The topological polar surface area (TPSA) is 198 Å². The first-order valence-electron chi connectivity index (χ1n) is 20.9. The van der Waals surface area contributed by atoms with Crippen LogP contribution >= 0.6 is 0 Å². The molecule has 2 N–H and O–H groups in total. The molecular weight excluding hydrogens is 817 g/mol. The molecule has 0 fully saturated rings. The summed E-state index contributed by atoms with van der Waals surface area (Å²) in [6.45, 7) is 19.3. The first kappa shape index (κ1) is 53.1. The van der Waals surface area contributed by atoms with Crippen LogP contribution < -0.4 is 15.4 Å². The minimum absolute atomic E-state index is 0.00875. The van der Waals surface area contributed by atoms with Crippen LogP contribution in [0.15, 0.2) is 66.1 Å². The largest absolute Gasteiger partial charge is 0.488 e. The van der Waals surface area contributed by atoms with Gasteiger partial charge in [0.15, 0.2) is 15.6 Å². The van der Waals surface area contributed by atoms with E-state index in [0.717, 1.165) is 17.2 Å². The number of sulfone groups is 1. The highest BCUT2D eigenvalue weighted by molar-refractivity contribution is 7.93. The van der Waals surface area contributed by atoms with Crippen LogP contribution in [-0.2, 0) is 65.8 Å². The third-order valence-electron chi connectivity index (χ3n) is 8.87. The Morgan fingerprint density at radius 1 is 0.677 bits per heavy atom. The zero-order chi connectivity index (χ0) is 47.1. The van der Waals surface area contributed by atoms with E-state index >= 15 is 0 Å². The molecule has 0 aliphatic rings. The van der Waals surface area contributed by atoms with Crippen molar-refractivity contribution in [3.8, 4) is 5.75 Å². The molecule has 0 spiro atoms. The van der Waals surface area contributed by atoms with Crippen molar-refractivity contribution in [2.45, 2.75) is 150 Å². The van der Waals surface area contributed by atoms with Gasteiger partial charge in [0.25, 0.3) is 0 Å². The number of esters is 3. The van der Waals surface area contributed by atoms with Crippen molar-refractivity contribution in [2.24, 2.45) is 17.8 Å². The Kier molecular flexibility index (Phi) is 20.0. The van der Waals surface area contributed by atoms with Crippen LogP contribution in [0.3, 0.4) is 0 Å². The Balaban J connectivity index is 2.45. The number of ether oxygens (including phenoxy) is 4. The lowest BCUT2D eigenvalue weighted by atomic mass is 9.86. The van der Waals surface area contributed by atoms with Gasteiger partial charge >= 0.3 is 17.9 Å². The molecule has 14 nitrogen and oxygen atoms in total. The molecule has 0 radical (unpaired) electrons. The summed E-state index contributed by atoms with van der Waals surface area (Å²) in [5.41, 5.74) is -0.637. The summed E-state index contributed by atoms with van der Waals surface area (Å²) in [5, 5.41) is 6.35. The molecule has 344 valence electrons. The van der Waals surface area contributed by atoms with E-state index in [-0.39, 0.29) is 38.7 Å². The summed E-state index contributed by atoms with van der Waals surface area (Å²) in [6.07, 6.45) is 0.703. The van der Waals surface area contributed by atoms with Gasteiger partial charge in [0.2, 0.25) is 11.8 Å². The zero-order valence-corrected chi connectivity index (χ0v) is 39.3. The second-order valence-electron chi connectivity index (χ2n) is 18.9. The zero-order valence-electron chi connectivity index (χ0n) is 38.5. The van der Waals surface area contributed by atoms with Crippen LogP contribution in [0.1, 0.15) is 119 Å². The molecule has 2 aromatic carbocycles. The fourth-order valence-electron chi connectivity index (χ4n) is 6.09. The van der Waals surface area contributed by atoms with Gasteiger partial charge in [-0.25, -0.2) is 8.42 Å². The molecular formula is C47H68N2O12S. The molecule has 0 bridgehead atoms. The van der Waals surface area contributed by atoms with Gasteiger partial charge in [-0.15, -0.1) is 0 Å². The lowest BCUT2D eigenvalue weighted by Gasteiger charge is -2.27. The van der Waals surface area contributed by atoms with Crippen molar-refractivity contribution in [1.29, 1.82) is 0 Å². The Bertz CT molecular complexity index is 1960. The molecule has 2 aromatic rings. The average Bonchev–Trinajstić information content (AvgIpc) is 3.11. The van der Waals surface area contributed by atoms with Crippen molar-refractivity contribution in [3.63, 3.8) is 0 Å². The Labute approximate surface area is 368 Å². The molecule has 0 aliphatic carbocycles. The molecule has 0 aliphatic heterocycles. The number of carbonyl (C=O) groups is 6. The Morgan fingerprint density at radius 3 is 1.79 bits per heavy atom. The molecule has 4 atom stereocenters. The molecule has 2 amide bonds. The third kappa shape index (κ3) is 22.7.